The summed E-state index contributed by atoms with van der Waals surface area (Å²) in [6.45, 7) is 3.14. The molecule has 1 aliphatic carbocycles. The first kappa shape index (κ1) is 20.8. The van der Waals surface area contributed by atoms with Crippen molar-refractivity contribution in [1.82, 2.24) is 9.03 Å². The molecule has 2 atom stereocenters. The van der Waals surface area contributed by atoms with E-state index < -0.39 is 20.0 Å². The van der Waals surface area contributed by atoms with Gasteiger partial charge in [-0.05, 0) is 55.9 Å². The van der Waals surface area contributed by atoms with Crippen molar-refractivity contribution < 1.29 is 16.8 Å². The van der Waals surface area contributed by atoms with Gasteiger partial charge in [-0.1, -0.05) is 32.6 Å². The van der Waals surface area contributed by atoms with E-state index in [9.17, 15) is 16.8 Å². The van der Waals surface area contributed by atoms with Crippen LogP contribution in [0.2, 0.25) is 0 Å². The molecular weight excluding hydrogens is 384 g/mol. The van der Waals surface area contributed by atoms with E-state index in [1.165, 1.54) is 28.6 Å². The van der Waals surface area contributed by atoms with Crippen LogP contribution in [0.3, 0.4) is 0 Å². The molecule has 1 aliphatic heterocycles. The smallest absolute Gasteiger partial charge is 0.208 e. The number of hydrogen-bond acceptors (Lipinski definition) is 4. The lowest BCUT2D eigenvalue weighted by Gasteiger charge is -2.29. The second-order valence-corrected chi connectivity index (χ2v) is 11.4. The first-order valence-corrected chi connectivity index (χ1v) is 12.9. The van der Waals surface area contributed by atoms with Crippen LogP contribution in [0.25, 0.3) is 0 Å². The summed E-state index contributed by atoms with van der Waals surface area (Å²) in [5.74, 6) is 0.316. The minimum atomic E-state index is -3.64. The van der Waals surface area contributed by atoms with Crippen LogP contribution >= 0.6 is 0 Å². The average molecular weight is 415 g/mol. The Balaban J connectivity index is 1.75. The summed E-state index contributed by atoms with van der Waals surface area (Å²) in [4.78, 5) is 0.282. The summed E-state index contributed by atoms with van der Waals surface area (Å²) < 4.78 is 55.3. The molecule has 1 heterocycles. The molecule has 0 aromatic heterocycles. The normalized spacial score (nSPS) is 25.8. The maximum Gasteiger partial charge on any atom is 0.243 e. The zero-order valence-corrected chi connectivity index (χ0v) is 17.6. The van der Waals surface area contributed by atoms with Crippen LogP contribution in [0, 0.1) is 5.92 Å². The molecule has 3 rings (SSSR count). The third-order valence-electron chi connectivity index (χ3n) is 5.75. The first-order chi connectivity index (χ1) is 12.8. The largest absolute Gasteiger partial charge is 0.243 e. The van der Waals surface area contributed by atoms with Crippen molar-refractivity contribution in [2.24, 2.45) is 5.92 Å². The van der Waals surface area contributed by atoms with Crippen molar-refractivity contribution in [3.05, 3.63) is 24.3 Å². The molecule has 27 heavy (non-hydrogen) atoms. The van der Waals surface area contributed by atoms with E-state index in [0.717, 1.165) is 51.4 Å². The fraction of sp³-hybridized carbons (Fsp3) is 0.684. The van der Waals surface area contributed by atoms with E-state index in [0.29, 0.717) is 19.0 Å². The van der Waals surface area contributed by atoms with Crippen LogP contribution in [0.4, 0.5) is 0 Å². The molecule has 0 bridgehead atoms. The van der Waals surface area contributed by atoms with E-state index in [4.69, 9.17) is 0 Å². The maximum absolute atomic E-state index is 12.8. The Morgan fingerprint density at radius 1 is 0.815 bits per heavy atom. The monoisotopic (exact) mass is 414 g/mol. The van der Waals surface area contributed by atoms with Gasteiger partial charge in [0, 0.05) is 19.1 Å². The molecule has 1 N–H and O–H groups in total. The standard InChI is InChI=1S/C19H30N2O4S2/c1-16-8-4-5-9-19(16)20-26(22,23)17-10-12-18(13-11-17)27(24,25)21-14-6-2-3-7-15-21/h10-13,16,19-20H,2-9,14-15H2,1H3/t16-,19+/m0/s1. The van der Waals surface area contributed by atoms with Crippen molar-refractivity contribution in [3.63, 3.8) is 0 Å². The molecule has 1 aromatic carbocycles. The van der Waals surface area contributed by atoms with E-state index in [-0.39, 0.29) is 15.8 Å². The summed E-state index contributed by atoms with van der Waals surface area (Å²) in [7, 11) is -7.21. The van der Waals surface area contributed by atoms with Gasteiger partial charge in [0.15, 0.2) is 0 Å². The molecule has 0 radical (unpaired) electrons. The van der Waals surface area contributed by atoms with Crippen LogP contribution in [0.5, 0.6) is 0 Å². The van der Waals surface area contributed by atoms with Crippen molar-refractivity contribution in [2.45, 2.75) is 74.1 Å². The van der Waals surface area contributed by atoms with Crippen LogP contribution < -0.4 is 4.72 Å². The Labute approximate surface area is 163 Å². The maximum atomic E-state index is 12.8. The number of benzene rings is 1. The van der Waals surface area contributed by atoms with Crippen molar-refractivity contribution in [2.75, 3.05) is 13.1 Å². The van der Waals surface area contributed by atoms with Crippen LogP contribution in [-0.2, 0) is 20.0 Å². The molecule has 0 unspecified atom stereocenters. The zero-order valence-electron chi connectivity index (χ0n) is 15.9. The van der Waals surface area contributed by atoms with Gasteiger partial charge in [0.25, 0.3) is 0 Å². The van der Waals surface area contributed by atoms with Gasteiger partial charge in [0.05, 0.1) is 9.79 Å². The molecule has 1 saturated carbocycles. The van der Waals surface area contributed by atoms with Gasteiger partial charge < -0.3 is 0 Å². The minimum Gasteiger partial charge on any atom is -0.208 e. The topological polar surface area (TPSA) is 83.5 Å². The molecule has 152 valence electrons. The Morgan fingerprint density at radius 2 is 1.37 bits per heavy atom. The van der Waals surface area contributed by atoms with Gasteiger partial charge in [-0.15, -0.1) is 0 Å². The molecule has 6 nitrogen and oxygen atoms in total. The summed E-state index contributed by atoms with van der Waals surface area (Å²) in [6.07, 6.45) is 7.89. The zero-order chi connectivity index (χ0) is 19.5. The first-order valence-electron chi connectivity index (χ1n) is 9.93. The SMILES string of the molecule is C[C@H]1CCCC[C@H]1NS(=O)(=O)c1ccc(S(=O)(=O)N2CCCCCC2)cc1. The molecule has 1 saturated heterocycles. The highest BCUT2D eigenvalue weighted by atomic mass is 32.2. The summed E-state index contributed by atoms with van der Waals surface area (Å²) in [5.41, 5.74) is 0. The Bertz CT molecular complexity index is 827. The Hall–Kier alpha value is -0.960. The molecule has 8 heteroatoms. The lowest BCUT2D eigenvalue weighted by Crippen LogP contribution is -2.41. The number of nitrogens with zero attached hydrogens (tertiary/aromatic N) is 1. The third kappa shape index (κ3) is 4.91. The quantitative estimate of drug-likeness (QED) is 0.802. The van der Waals surface area contributed by atoms with Gasteiger partial charge in [0.2, 0.25) is 20.0 Å². The summed E-state index contributed by atoms with van der Waals surface area (Å²) >= 11 is 0. The highest BCUT2D eigenvalue weighted by Crippen LogP contribution is 2.26. The van der Waals surface area contributed by atoms with Crippen molar-refractivity contribution in [1.29, 1.82) is 0 Å². The summed E-state index contributed by atoms with van der Waals surface area (Å²) in [5, 5.41) is 0. The highest BCUT2D eigenvalue weighted by molar-refractivity contribution is 7.89. The molecule has 2 fully saturated rings. The van der Waals surface area contributed by atoms with E-state index in [2.05, 4.69) is 11.6 Å². The number of rotatable bonds is 5. The number of hydrogen-bond donors (Lipinski definition) is 1. The minimum absolute atomic E-state index is 0.0516. The molecular formula is C19H30N2O4S2. The number of nitrogens with one attached hydrogen (secondary N) is 1. The van der Waals surface area contributed by atoms with Crippen LogP contribution in [0.15, 0.2) is 34.1 Å². The van der Waals surface area contributed by atoms with E-state index >= 15 is 0 Å². The predicted molar refractivity (Wildman–Crippen MR) is 105 cm³/mol. The third-order valence-corrected chi connectivity index (χ3v) is 9.17. The fourth-order valence-electron chi connectivity index (χ4n) is 3.98. The van der Waals surface area contributed by atoms with Gasteiger partial charge >= 0.3 is 0 Å². The predicted octanol–water partition coefficient (Wildman–Crippen LogP) is 3.11. The van der Waals surface area contributed by atoms with Crippen molar-refractivity contribution >= 4 is 20.0 Å². The van der Waals surface area contributed by atoms with E-state index in [1.54, 1.807) is 0 Å². The molecule has 0 amide bonds. The summed E-state index contributed by atoms with van der Waals surface area (Å²) in [6, 6.07) is 5.59. The van der Waals surface area contributed by atoms with Crippen LogP contribution in [0.1, 0.15) is 58.3 Å². The average Bonchev–Trinajstić information content (AvgIpc) is 2.94. The molecule has 2 aliphatic rings. The second kappa shape index (κ2) is 8.59. The lowest BCUT2D eigenvalue weighted by atomic mass is 9.87. The van der Waals surface area contributed by atoms with Crippen molar-refractivity contribution in [3.8, 4) is 0 Å². The van der Waals surface area contributed by atoms with Gasteiger partial charge in [0.1, 0.15) is 0 Å². The molecule has 1 aromatic rings. The number of sulfonamides is 2. The van der Waals surface area contributed by atoms with Crippen LogP contribution in [-0.4, -0.2) is 40.3 Å². The second-order valence-electron chi connectivity index (χ2n) is 7.78. The van der Waals surface area contributed by atoms with E-state index in [1.807, 2.05) is 0 Å². The lowest BCUT2D eigenvalue weighted by molar-refractivity contribution is 0.310. The van der Waals surface area contributed by atoms with Gasteiger partial charge in [-0.2, -0.15) is 4.31 Å². The fourth-order valence-corrected chi connectivity index (χ4v) is 6.88. The van der Waals surface area contributed by atoms with Gasteiger partial charge in [-0.3, -0.25) is 0 Å². The highest BCUT2D eigenvalue weighted by Gasteiger charge is 2.28. The molecule has 0 spiro atoms. The Kier molecular flexibility index (Phi) is 6.61. The Morgan fingerprint density at radius 3 is 1.96 bits per heavy atom. The van der Waals surface area contributed by atoms with Gasteiger partial charge in [-0.25, -0.2) is 21.6 Å².